The highest BCUT2D eigenvalue weighted by Gasteiger charge is 2.34. The Kier molecular flexibility index (Phi) is 3.41. The molecule has 0 amide bonds. The molecular formula is C10H15N3O4. The largest absolute Gasteiger partial charge is 0.396 e. The molecule has 1 aliphatic heterocycles. The van der Waals surface area contributed by atoms with Crippen LogP contribution in [0.2, 0.25) is 0 Å². The van der Waals surface area contributed by atoms with E-state index < -0.39 is 24.1 Å². The highest BCUT2D eigenvalue weighted by Crippen LogP contribution is 2.29. The summed E-state index contributed by atoms with van der Waals surface area (Å²) in [5, 5.41) is 18.5. The molecule has 7 nitrogen and oxygen atoms in total. The van der Waals surface area contributed by atoms with Gasteiger partial charge in [-0.25, -0.2) is 4.79 Å². The van der Waals surface area contributed by atoms with Gasteiger partial charge in [-0.05, 0) is 12.5 Å². The first-order valence-corrected chi connectivity index (χ1v) is 5.41. The average molecular weight is 241 g/mol. The molecule has 94 valence electrons. The summed E-state index contributed by atoms with van der Waals surface area (Å²) in [5.74, 6) is 0.150. The molecule has 7 heteroatoms. The molecule has 4 N–H and O–H groups in total. The average Bonchev–Trinajstić information content (AvgIpc) is 2.60. The van der Waals surface area contributed by atoms with Gasteiger partial charge in [-0.1, -0.05) is 0 Å². The molecule has 2 heterocycles. The van der Waals surface area contributed by atoms with Crippen molar-refractivity contribution in [1.82, 2.24) is 9.55 Å². The van der Waals surface area contributed by atoms with Crippen LogP contribution in [0.1, 0.15) is 19.1 Å². The summed E-state index contributed by atoms with van der Waals surface area (Å²) in [7, 11) is 0. The van der Waals surface area contributed by atoms with Gasteiger partial charge < -0.3 is 20.7 Å². The first kappa shape index (κ1) is 12.0. The van der Waals surface area contributed by atoms with Crippen LogP contribution in [0.5, 0.6) is 0 Å². The van der Waals surface area contributed by atoms with Crippen molar-refractivity contribution in [2.45, 2.75) is 31.3 Å². The van der Waals surface area contributed by atoms with Crippen LogP contribution in [0, 0.1) is 0 Å². The summed E-state index contributed by atoms with van der Waals surface area (Å²) in [6, 6.07) is 1.50. The molecule has 3 atom stereocenters. The van der Waals surface area contributed by atoms with E-state index in [9.17, 15) is 9.90 Å². The number of hydrogen-bond donors (Lipinski definition) is 3. The molecular weight excluding hydrogens is 226 g/mol. The van der Waals surface area contributed by atoms with Crippen LogP contribution in [-0.2, 0) is 4.74 Å². The van der Waals surface area contributed by atoms with Crippen LogP contribution in [-0.4, -0.2) is 38.6 Å². The van der Waals surface area contributed by atoms with Crippen LogP contribution < -0.4 is 11.4 Å². The van der Waals surface area contributed by atoms with Gasteiger partial charge in [0.25, 0.3) is 0 Å². The first-order chi connectivity index (χ1) is 8.11. The maximum absolute atomic E-state index is 11.6. The molecule has 0 aliphatic carbocycles. The Bertz CT molecular complexity index is 447. The first-order valence-electron chi connectivity index (χ1n) is 5.41. The molecule has 1 fully saturated rings. The third-order valence-corrected chi connectivity index (χ3v) is 2.78. The van der Waals surface area contributed by atoms with Crippen LogP contribution >= 0.6 is 0 Å². The fourth-order valence-electron chi connectivity index (χ4n) is 1.92. The monoisotopic (exact) mass is 241 g/mol. The maximum Gasteiger partial charge on any atom is 0.351 e. The predicted molar refractivity (Wildman–Crippen MR) is 59.1 cm³/mol. The van der Waals surface area contributed by atoms with Gasteiger partial charge in [0, 0.05) is 19.2 Å². The van der Waals surface area contributed by atoms with Gasteiger partial charge in [0.1, 0.15) is 12.0 Å². The van der Waals surface area contributed by atoms with Gasteiger partial charge in [0.05, 0.1) is 12.2 Å². The lowest BCUT2D eigenvalue weighted by Crippen LogP contribution is -2.27. The second-order valence-corrected chi connectivity index (χ2v) is 3.99. The van der Waals surface area contributed by atoms with Crippen molar-refractivity contribution in [3.63, 3.8) is 0 Å². The molecule has 17 heavy (non-hydrogen) atoms. The second-order valence-electron chi connectivity index (χ2n) is 3.99. The number of ether oxygens (including phenoxy) is 1. The number of aliphatic hydroxyl groups excluding tert-OH is 2. The van der Waals surface area contributed by atoms with E-state index in [1.165, 1.54) is 16.8 Å². The molecule has 1 aromatic heterocycles. The maximum atomic E-state index is 11.6. The van der Waals surface area contributed by atoms with Gasteiger partial charge in [-0.3, -0.25) is 4.57 Å². The number of nitrogens with zero attached hydrogens (tertiary/aromatic N) is 2. The van der Waals surface area contributed by atoms with Crippen molar-refractivity contribution in [3.8, 4) is 0 Å². The van der Waals surface area contributed by atoms with E-state index in [1.54, 1.807) is 0 Å². The highest BCUT2D eigenvalue weighted by atomic mass is 16.5. The van der Waals surface area contributed by atoms with Crippen molar-refractivity contribution >= 4 is 5.82 Å². The van der Waals surface area contributed by atoms with Gasteiger partial charge in [-0.15, -0.1) is 0 Å². The zero-order chi connectivity index (χ0) is 12.4. The molecule has 0 aromatic carbocycles. The summed E-state index contributed by atoms with van der Waals surface area (Å²) in [5.41, 5.74) is 4.87. The van der Waals surface area contributed by atoms with Gasteiger partial charge in [0.2, 0.25) is 0 Å². The molecule has 1 saturated heterocycles. The Labute approximate surface area is 97.5 Å². The van der Waals surface area contributed by atoms with Crippen LogP contribution in [0.15, 0.2) is 17.1 Å². The van der Waals surface area contributed by atoms with Crippen LogP contribution in [0.4, 0.5) is 5.82 Å². The molecule has 0 spiro atoms. The highest BCUT2D eigenvalue weighted by molar-refractivity contribution is 5.23. The molecule has 1 aromatic rings. The minimum atomic E-state index is -0.684. The number of aromatic nitrogens is 2. The Morgan fingerprint density at radius 3 is 3.06 bits per heavy atom. The summed E-state index contributed by atoms with van der Waals surface area (Å²) < 4.78 is 6.78. The molecule has 0 bridgehead atoms. The van der Waals surface area contributed by atoms with Gasteiger partial charge >= 0.3 is 5.69 Å². The Balaban J connectivity index is 2.17. The zero-order valence-electron chi connectivity index (χ0n) is 9.19. The third-order valence-electron chi connectivity index (χ3n) is 2.78. The lowest BCUT2D eigenvalue weighted by Gasteiger charge is -2.14. The smallest absolute Gasteiger partial charge is 0.351 e. The number of nitrogens with two attached hydrogens (primary N) is 1. The minimum absolute atomic E-state index is 0.0661. The Hall–Kier alpha value is -1.44. The lowest BCUT2D eigenvalue weighted by molar-refractivity contribution is -0.0305. The normalized spacial score (nSPS) is 28.5. The summed E-state index contributed by atoms with van der Waals surface area (Å²) in [4.78, 5) is 15.1. The van der Waals surface area contributed by atoms with E-state index in [1.807, 2.05) is 0 Å². The molecule has 0 radical (unpaired) electrons. The molecule has 1 aliphatic rings. The fraction of sp³-hybridized carbons (Fsp3) is 0.600. The van der Waals surface area contributed by atoms with Gasteiger partial charge in [0.15, 0.2) is 0 Å². The SMILES string of the molecule is Nc1ccn([C@H]2C[C@H](O)[C@@H](CCO)O2)c(=O)n1. The Morgan fingerprint density at radius 1 is 1.65 bits per heavy atom. The molecule has 0 saturated carbocycles. The minimum Gasteiger partial charge on any atom is -0.396 e. The standard InChI is InChI=1S/C10H15N3O4/c11-8-1-3-13(10(16)12-8)9-5-6(15)7(17-9)2-4-14/h1,3,6-7,9,14-15H,2,4-5H2,(H2,11,12,16)/t6-,7+,9+/m0/s1. The van der Waals surface area contributed by atoms with Gasteiger partial charge in [-0.2, -0.15) is 4.98 Å². The lowest BCUT2D eigenvalue weighted by atomic mass is 10.1. The van der Waals surface area contributed by atoms with Crippen molar-refractivity contribution in [3.05, 3.63) is 22.7 Å². The number of anilines is 1. The Morgan fingerprint density at radius 2 is 2.41 bits per heavy atom. The molecule has 2 rings (SSSR count). The van der Waals surface area contributed by atoms with E-state index in [0.29, 0.717) is 12.8 Å². The van der Waals surface area contributed by atoms with Crippen molar-refractivity contribution < 1.29 is 14.9 Å². The van der Waals surface area contributed by atoms with E-state index in [4.69, 9.17) is 15.6 Å². The van der Waals surface area contributed by atoms with Crippen LogP contribution in [0.3, 0.4) is 0 Å². The zero-order valence-corrected chi connectivity index (χ0v) is 9.19. The van der Waals surface area contributed by atoms with E-state index in [-0.39, 0.29) is 12.4 Å². The summed E-state index contributed by atoms with van der Waals surface area (Å²) >= 11 is 0. The fourth-order valence-corrected chi connectivity index (χ4v) is 1.92. The van der Waals surface area contributed by atoms with Crippen molar-refractivity contribution in [1.29, 1.82) is 0 Å². The van der Waals surface area contributed by atoms with Crippen molar-refractivity contribution in [2.24, 2.45) is 0 Å². The third kappa shape index (κ3) is 2.46. The number of hydrogen-bond acceptors (Lipinski definition) is 6. The van der Waals surface area contributed by atoms with Crippen molar-refractivity contribution in [2.75, 3.05) is 12.3 Å². The number of nitrogen functional groups attached to an aromatic ring is 1. The summed E-state index contributed by atoms with van der Waals surface area (Å²) in [6.07, 6.45) is 0.446. The summed E-state index contributed by atoms with van der Waals surface area (Å²) in [6.45, 7) is -0.0661. The van der Waals surface area contributed by atoms with Crippen LogP contribution in [0.25, 0.3) is 0 Å². The van der Waals surface area contributed by atoms with E-state index in [0.717, 1.165) is 0 Å². The number of rotatable bonds is 3. The molecule has 0 unspecified atom stereocenters. The predicted octanol–water partition coefficient (Wildman–Crippen LogP) is -1.14. The second kappa shape index (κ2) is 4.82. The van der Waals surface area contributed by atoms with E-state index in [2.05, 4.69) is 4.98 Å². The topological polar surface area (TPSA) is 111 Å². The quantitative estimate of drug-likeness (QED) is 0.616. The van der Waals surface area contributed by atoms with E-state index >= 15 is 0 Å². The number of aliphatic hydroxyl groups is 2.